The van der Waals surface area contributed by atoms with E-state index in [1.54, 1.807) is 6.92 Å². The molecule has 1 N–H and O–H groups in total. The number of Topliss-reactive ketones (excluding diaryl/α,β-unsaturated/α-hetero) is 1. The summed E-state index contributed by atoms with van der Waals surface area (Å²) in [5.74, 6) is -1.22. The largest absolute Gasteiger partial charge is 0.464 e. The van der Waals surface area contributed by atoms with E-state index in [1.165, 1.54) is 0 Å². The molecule has 86 valence electrons. The molecule has 15 heavy (non-hydrogen) atoms. The molecule has 0 bridgehead atoms. The minimum absolute atomic E-state index is 0.00643. The van der Waals surface area contributed by atoms with Crippen molar-refractivity contribution < 1.29 is 19.4 Å². The van der Waals surface area contributed by atoms with E-state index in [2.05, 4.69) is 0 Å². The van der Waals surface area contributed by atoms with Crippen molar-refractivity contribution in [3.05, 3.63) is 0 Å². The molecule has 0 amide bonds. The number of aliphatic hydroxyl groups is 1. The second-order valence-corrected chi connectivity index (χ2v) is 3.87. The lowest BCUT2D eigenvalue weighted by atomic mass is 9.93. The lowest BCUT2D eigenvalue weighted by Gasteiger charge is -2.18. The summed E-state index contributed by atoms with van der Waals surface area (Å²) in [6, 6.07) is 0. The molecule has 4 heteroatoms. The van der Waals surface area contributed by atoms with Crippen LogP contribution in [0.15, 0.2) is 0 Å². The minimum atomic E-state index is -1.27. The Kier molecular flexibility index (Phi) is 4.75. The van der Waals surface area contributed by atoms with Gasteiger partial charge in [-0.1, -0.05) is 12.8 Å². The summed E-state index contributed by atoms with van der Waals surface area (Å²) in [5.41, 5.74) is 0. The fourth-order valence-electron chi connectivity index (χ4n) is 1.91. The first-order valence-corrected chi connectivity index (χ1v) is 5.54. The SMILES string of the molecule is CCOC(=O)[C@H](O)[C@H]1CCCCCC1=O. The zero-order chi connectivity index (χ0) is 11.3. The fourth-order valence-corrected chi connectivity index (χ4v) is 1.91. The van der Waals surface area contributed by atoms with E-state index in [1.807, 2.05) is 0 Å². The van der Waals surface area contributed by atoms with Crippen LogP contribution < -0.4 is 0 Å². The Morgan fingerprint density at radius 2 is 2.27 bits per heavy atom. The van der Waals surface area contributed by atoms with E-state index >= 15 is 0 Å². The molecule has 1 rings (SSSR count). The van der Waals surface area contributed by atoms with Crippen molar-refractivity contribution in [2.75, 3.05) is 6.61 Å². The minimum Gasteiger partial charge on any atom is -0.464 e. The van der Waals surface area contributed by atoms with Gasteiger partial charge in [-0.15, -0.1) is 0 Å². The lowest BCUT2D eigenvalue weighted by Crippen LogP contribution is -2.35. The van der Waals surface area contributed by atoms with Gasteiger partial charge in [0, 0.05) is 6.42 Å². The number of aliphatic hydroxyl groups excluding tert-OH is 1. The molecule has 0 aromatic heterocycles. The van der Waals surface area contributed by atoms with Crippen LogP contribution >= 0.6 is 0 Å². The van der Waals surface area contributed by atoms with Gasteiger partial charge in [0.15, 0.2) is 6.10 Å². The summed E-state index contributed by atoms with van der Waals surface area (Å²) < 4.78 is 4.70. The molecule has 1 aliphatic rings. The fraction of sp³-hybridized carbons (Fsp3) is 0.818. The highest BCUT2D eigenvalue weighted by atomic mass is 16.5. The van der Waals surface area contributed by atoms with Gasteiger partial charge in [0.25, 0.3) is 0 Å². The van der Waals surface area contributed by atoms with Gasteiger partial charge in [0.05, 0.1) is 12.5 Å². The molecular weight excluding hydrogens is 196 g/mol. The topological polar surface area (TPSA) is 63.6 Å². The maximum Gasteiger partial charge on any atom is 0.335 e. The molecule has 4 nitrogen and oxygen atoms in total. The number of hydrogen-bond donors (Lipinski definition) is 1. The Morgan fingerprint density at radius 3 is 2.93 bits per heavy atom. The molecule has 1 aliphatic carbocycles. The Morgan fingerprint density at radius 1 is 1.53 bits per heavy atom. The summed E-state index contributed by atoms with van der Waals surface area (Å²) >= 11 is 0. The van der Waals surface area contributed by atoms with Crippen molar-refractivity contribution in [1.82, 2.24) is 0 Å². The van der Waals surface area contributed by atoms with Gasteiger partial charge in [-0.2, -0.15) is 0 Å². The average molecular weight is 214 g/mol. The van der Waals surface area contributed by atoms with Crippen LogP contribution in [0.1, 0.15) is 39.0 Å². The molecule has 0 spiro atoms. The van der Waals surface area contributed by atoms with Crippen LogP contribution in [0.3, 0.4) is 0 Å². The molecule has 0 aromatic carbocycles. The normalized spacial score (nSPS) is 24.4. The van der Waals surface area contributed by atoms with Crippen molar-refractivity contribution in [2.45, 2.75) is 45.1 Å². The Bertz CT molecular complexity index is 237. The number of hydrogen-bond acceptors (Lipinski definition) is 4. The van der Waals surface area contributed by atoms with E-state index in [9.17, 15) is 14.7 Å². The van der Waals surface area contributed by atoms with E-state index in [0.29, 0.717) is 12.8 Å². The third kappa shape index (κ3) is 3.30. The Labute approximate surface area is 89.6 Å². The van der Waals surface area contributed by atoms with Gasteiger partial charge < -0.3 is 9.84 Å². The summed E-state index contributed by atoms with van der Waals surface area (Å²) in [4.78, 5) is 22.9. The standard InChI is InChI=1S/C11H18O4/c1-2-15-11(14)10(13)8-6-4-3-5-7-9(8)12/h8,10,13H,2-7H2,1H3/t8-,10+/m0/s1. The molecule has 2 atom stereocenters. The van der Waals surface area contributed by atoms with E-state index in [0.717, 1.165) is 19.3 Å². The second-order valence-electron chi connectivity index (χ2n) is 3.87. The zero-order valence-corrected chi connectivity index (χ0v) is 9.07. The average Bonchev–Trinajstić information content (AvgIpc) is 2.42. The van der Waals surface area contributed by atoms with Crippen LogP contribution in [0.4, 0.5) is 0 Å². The maximum atomic E-state index is 11.6. The van der Waals surface area contributed by atoms with Gasteiger partial charge in [0.2, 0.25) is 0 Å². The maximum absolute atomic E-state index is 11.6. The molecule has 0 heterocycles. The van der Waals surface area contributed by atoms with E-state index in [-0.39, 0.29) is 12.4 Å². The lowest BCUT2D eigenvalue weighted by molar-refractivity contribution is -0.158. The quantitative estimate of drug-likeness (QED) is 0.563. The van der Waals surface area contributed by atoms with Gasteiger partial charge in [-0.05, 0) is 19.8 Å². The molecule has 0 aliphatic heterocycles. The summed E-state index contributed by atoms with van der Waals surface area (Å²) in [6.45, 7) is 1.91. The third-order valence-corrected chi connectivity index (χ3v) is 2.76. The number of carbonyl (C=O) groups excluding carboxylic acids is 2. The van der Waals surface area contributed by atoms with Crippen LogP contribution in [0, 0.1) is 5.92 Å². The van der Waals surface area contributed by atoms with Gasteiger partial charge in [-0.3, -0.25) is 4.79 Å². The van der Waals surface area contributed by atoms with E-state index in [4.69, 9.17) is 4.74 Å². The highest BCUT2D eigenvalue weighted by Gasteiger charge is 2.33. The second kappa shape index (κ2) is 5.85. The monoisotopic (exact) mass is 214 g/mol. The first-order chi connectivity index (χ1) is 7.16. The summed E-state index contributed by atoms with van der Waals surface area (Å²) in [6.07, 6.45) is 2.56. The predicted octanol–water partition coefficient (Wildman–Crippen LogP) is 1.06. The number of esters is 1. The Balaban J connectivity index is 2.58. The molecular formula is C11H18O4. The first kappa shape index (κ1) is 12.2. The first-order valence-electron chi connectivity index (χ1n) is 5.54. The van der Waals surface area contributed by atoms with Crippen molar-refractivity contribution >= 4 is 11.8 Å². The molecule has 0 radical (unpaired) electrons. The highest BCUT2D eigenvalue weighted by Crippen LogP contribution is 2.23. The number of carbonyl (C=O) groups is 2. The van der Waals surface area contributed by atoms with Gasteiger partial charge in [-0.25, -0.2) is 4.79 Å². The van der Waals surface area contributed by atoms with Crippen LogP contribution in [0.25, 0.3) is 0 Å². The van der Waals surface area contributed by atoms with Crippen LogP contribution in [0.5, 0.6) is 0 Å². The third-order valence-electron chi connectivity index (χ3n) is 2.76. The molecule has 1 saturated carbocycles. The summed E-state index contributed by atoms with van der Waals surface area (Å²) in [7, 11) is 0. The number of ether oxygens (including phenoxy) is 1. The zero-order valence-electron chi connectivity index (χ0n) is 9.07. The number of ketones is 1. The van der Waals surface area contributed by atoms with Gasteiger partial charge >= 0.3 is 5.97 Å². The smallest absolute Gasteiger partial charge is 0.335 e. The van der Waals surface area contributed by atoms with Gasteiger partial charge in [0.1, 0.15) is 5.78 Å². The molecule has 1 fully saturated rings. The van der Waals surface area contributed by atoms with E-state index < -0.39 is 18.0 Å². The molecule has 0 saturated heterocycles. The van der Waals surface area contributed by atoms with Crippen molar-refractivity contribution in [2.24, 2.45) is 5.92 Å². The van der Waals surface area contributed by atoms with Crippen LogP contribution in [-0.4, -0.2) is 29.6 Å². The highest BCUT2D eigenvalue weighted by molar-refractivity contribution is 5.88. The van der Waals surface area contributed by atoms with Crippen LogP contribution in [0.2, 0.25) is 0 Å². The van der Waals surface area contributed by atoms with Crippen molar-refractivity contribution in [3.63, 3.8) is 0 Å². The molecule has 0 aromatic rings. The molecule has 0 unspecified atom stereocenters. The van der Waals surface area contributed by atoms with Crippen molar-refractivity contribution in [3.8, 4) is 0 Å². The predicted molar refractivity (Wildman–Crippen MR) is 54.2 cm³/mol. The Hall–Kier alpha value is -0.900. The van der Waals surface area contributed by atoms with Crippen molar-refractivity contribution in [1.29, 1.82) is 0 Å². The number of rotatable bonds is 3. The summed E-state index contributed by atoms with van der Waals surface area (Å²) in [5, 5.41) is 9.67. The van der Waals surface area contributed by atoms with Crippen LogP contribution in [-0.2, 0) is 14.3 Å².